The van der Waals surface area contributed by atoms with E-state index in [1.54, 1.807) is 22.6 Å². The number of aromatic nitrogens is 2. The maximum absolute atomic E-state index is 13.0. The maximum atomic E-state index is 13.0. The number of nitrogens with one attached hydrogen (secondary N) is 2. The van der Waals surface area contributed by atoms with Gasteiger partial charge in [-0.3, -0.25) is 9.36 Å². The number of rotatable bonds is 6. The van der Waals surface area contributed by atoms with E-state index < -0.39 is 0 Å². The summed E-state index contributed by atoms with van der Waals surface area (Å²) >= 11 is 1.65. The smallest absolute Gasteiger partial charge is 0.353 e. The standard InChI is InChI=1S/C20H26N6O2S/c1-12-7-16-19(23-11-25(29-16)9-14-3-4-14)20(28)26(12)10-18(27)22-8-15-5-6-17(21)24-13(15)2/h5-7,14,23H,3-4,8-11H2,1-2H3,(H2,21,24)(H,22,27)/p+1. The van der Waals surface area contributed by atoms with Crippen molar-refractivity contribution in [3.63, 3.8) is 0 Å². The molecule has 1 saturated carbocycles. The molecule has 2 aromatic heterocycles. The van der Waals surface area contributed by atoms with Crippen molar-refractivity contribution in [2.24, 2.45) is 5.92 Å². The minimum absolute atomic E-state index is 0.0326. The molecule has 4 rings (SSSR count). The molecule has 9 heteroatoms. The summed E-state index contributed by atoms with van der Waals surface area (Å²) < 4.78 is 3.86. The summed E-state index contributed by atoms with van der Waals surface area (Å²) in [7, 11) is 0. The Hall–Kier alpha value is -2.52. The number of nitrogen functional groups attached to an aromatic ring is 1. The summed E-state index contributed by atoms with van der Waals surface area (Å²) in [5.41, 5.74) is 8.74. The van der Waals surface area contributed by atoms with Gasteiger partial charge in [0, 0.05) is 23.5 Å². The molecule has 8 nitrogen and oxygen atoms in total. The van der Waals surface area contributed by atoms with Crippen LogP contribution in [0.15, 0.2) is 27.9 Å². The van der Waals surface area contributed by atoms with Gasteiger partial charge < -0.3 is 16.2 Å². The van der Waals surface area contributed by atoms with Gasteiger partial charge in [0.1, 0.15) is 18.1 Å². The normalized spacial score (nSPS) is 17.1. The first-order chi connectivity index (χ1) is 13.9. The second-order valence-electron chi connectivity index (χ2n) is 7.73. The highest BCUT2D eigenvalue weighted by atomic mass is 32.2. The van der Waals surface area contributed by atoms with Crippen LogP contribution in [-0.4, -0.2) is 38.1 Å². The number of hydrogen-bond acceptors (Lipinski definition) is 6. The Balaban J connectivity index is 1.49. The van der Waals surface area contributed by atoms with Crippen molar-refractivity contribution in [1.82, 2.24) is 13.9 Å². The molecule has 0 amide bonds. The van der Waals surface area contributed by atoms with E-state index in [2.05, 4.69) is 19.6 Å². The number of pyridine rings is 2. The minimum atomic E-state index is -0.114. The average molecular weight is 416 g/mol. The largest absolute Gasteiger partial charge is 0.462 e. The topological polar surface area (TPSA) is 110 Å². The minimum Gasteiger partial charge on any atom is -0.462 e. The third kappa shape index (κ3) is 4.56. The molecule has 0 unspecified atom stereocenters. The molecular weight excluding hydrogens is 388 g/mol. The van der Waals surface area contributed by atoms with Gasteiger partial charge in [0.25, 0.3) is 5.56 Å². The quantitative estimate of drug-likeness (QED) is 0.314. The van der Waals surface area contributed by atoms with Crippen LogP contribution in [0.3, 0.4) is 0 Å². The Morgan fingerprint density at radius 3 is 2.93 bits per heavy atom. The van der Waals surface area contributed by atoms with Crippen molar-refractivity contribution in [2.75, 3.05) is 24.3 Å². The van der Waals surface area contributed by atoms with Crippen LogP contribution in [0.1, 0.15) is 29.8 Å². The van der Waals surface area contributed by atoms with Gasteiger partial charge in [-0.05, 0) is 62.8 Å². The molecule has 0 atom stereocenters. The predicted molar refractivity (Wildman–Crippen MR) is 115 cm³/mol. The van der Waals surface area contributed by atoms with Gasteiger partial charge in [-0.25, -0.2) is 14.3 Å². The molecule has 5 N–H and O–H groups in total. The van der Waals surface area contributed by atoms with Crippen LogP contribution in [-0.2, 0) is 13.1 Å². The van der Waals surface area contributed by atoms with Crippen molar-refractivity contribution >= 4 is 29.4 Å². The molecule has 0 spiro atoms. The fourth-order valence-electron chi connectivity index (χ4n) is 3.40. The van der Waals surface area contributed by atoms with Crippen molar-refractivity contribution in [1.29, 1.82) is 0 Å². The van der Waals surface area contributed by atoms with E-state index in [0.717, 1.165) is 34.3 Å². The number of aliphatic hydroxyl groups excluding tert-OH is 1. The first kappa shape index (κ1) is 19.8. The van der Waals surface area contributed by atoms with Crippen molar-refractivity contribution < 1.29 is 10.1 Å². The lowest BCUT2D eigenvalue weighted by molar-refractivity contribution is -0.486. The summed E-state index contributed by atoms with van der Waals surface area (Å²) in [4.78, 5) is 21.1. The molecule has 0 aromatic carbocycles. The third-order valence-electron chi connectivity index (χ3n) is 5.30. The summed E-state index contributed by atoms with van der Waals surface area (Å²) in [6.45, 7) is 5.98. The van der Waals surface area contributed by atoms with Gasteiger partial charge in [0.2, 0.25) is 0 Å². The molecule has 1 aliphatic heterocycles. The molecular formula is C20H27N6O2S+. The van der Waals surface area contributed by atoms with Crippen molar-refractivity contribution in [3.05, 3.63) is 45.5 Å². The predicted octanol–water partition coefficient (Wildman–Crippen LogP) is 0.782. The zero-order chi connectivity index (χ0) is 20.5. The summed E-state index contributed by atoms with van der Waals surface area (Å²) in [6, 6.07) is 5.62. The number of aryl methyl sites for hydroxylation is 2. The van der Waals surface area contributed by atoms with Gasteiger partial charge in [-0.15, -0.1) is 0 Å². The fraction of sp³-hybridized carbons (Fsp3) is 0.450. The van der Waals surface area contributed by atoms with E-state index in [1.165, 1.54) is 12.8 Å². The van der Waals surface area contributed by atoms with Crippen molar-refractivity contribution in [3.8, 4) is 0 Å². The lowest BCUT2D eigenvalue weighted by atomic mass is 10.2. The summed E-state index contributed by atoms with van der Waals surface area (Å²) in [5, 5.41) is 13.6. The molecule has 29 heavy (non-hydrogen) atoms. The third-order valence-corrected chi connectivity index (χ3v) is 6.35. The Bertz CT molecular complexity index is 1010. The molecule has 0 saturated heterocycles. The highest BCUT2D eigenvalue weighted by Crippen LogP contribution is 2.37. The molecule has 1 fully saturated rings. The van der Waals surface area contributed by atoms with Gasteiger partial charge in [0.15, 0.2) is 6.54 Å². The molecule has 3 heterocycles. The molecule has 2 aliphatic rings. The van der Waals surface area contributed by atoms with E-state index >= 15 is 0 Å². The zero-order valence-corrected chi connectivity index (χ0v) is 17.6. The number of nitrogens with two attached hydrogens (primary N) is 1. The fourth-order valence-corrected chi connectivity index (χ4v) is 4.57. The number of hydrogen-bond donors (Lipinski definition) is 4. The van der Waals surface area contributed by atoms with Gasteiger partial charge in [-0.1, -0.05) is 0 Å². The SMILES string of the molecule is Cc1nc(N)ccc1C[NH+]=C(O)Cn1c(C)cc2c(c1=O)NCN(CC1CC1)S2. The van der Waals surface area contributed by atoms with Gasteiger partial charge in [-0.2, -0.15) is 0 Å². The van der Waals surface area contributed by atoms with E-state index in [4.69, 9.17) is 5.73 Å². The molecule has 0 radical (unpaired) electrons. The lowest BCUT2D eigenvalue weighted by Gasteiger charge is -2.29. The van der Waals surface area contributed by atoms with E-state index in [-0.39, 0.29) is 18.0 Å². The Morgan fingerprint density at radius 2 is 2.21 bits per heavy atom. The highest BCUT2D eigenvalue weighted by molar-refractivity contribution is 7.97. The number of fused-ring (bicyclic) bond motifs is 1. The molecule has 2 aromatic rings. The monoisotopic (exact) mass is 415 g/mol. The van der Waals surface area contributed by atoms with E-state index in [9.17, 15) is 9.90 Å². The van der Waals surface area contributed by atoms with Crippen LogP contribution in [0, 0.1) is 19.8 Å². The van der Waals surface area contributed by atoms with Gasteiger partial charge >= 0.3 is 5.90 Å². The molecule has 154 valence electrons. The van der Waals surface area contributed by atoms with Crippen LogP contribution in [0.2, 0.25) is 0 Å². The first-order valence-electron chi connectivity index (χ1n) is 9.82. The Morgan fingerprint density at radius 1 is 1.41 bits per heavy atom. The van der Waals surface area contributed by atoms with Crippen molar-refractivity contribution in [2.45, 2.75) is 44.7 Å². The van der Waals surface area contributed by atoms with E-state index in [0.29, 0.717) is 24.7 Å². The van der Waals surface area contributed by atoms with Crippen LogP contribution in [0.25, 0.3) is 0 Å². The highest BCUT2D eigenvalue weighted by Gasteiger charge is 2.28. The van der Waals surface area contributed by atoms with Crippen LogP contribution >= 0.6 is 11.9 Å². The van der Waals surface area contributed by atoms with Crippen LogP contribution in [0.4, 0.5) is 11.5 Å². The summed E-state index contributed by atoms with van der Waals surface area (Å²) in [6.07, 6.45) is 2.61. The van der Waals surface area contributed by atoms with Gasteiger partial charge in [0.05, 0.1) is 11.6 Å². The number of aliphatic hydroxyl groups is 1. The maximum Gasteiger partial charge on any atom is 0.353 e. The average Bonchev–Trinajstić information content (AvgIpc) is 3.48. The number of anilines is 2. The zero-order valence-electron chi connectivity index (χ0n) is 16.7. The Kier molecular flexibility index (Phi) is 5.51. The lowest BCUT2D eigenvalue weighted by Crippen LogP contribution is -2.72. The first-order valence-corrected chi connectivity index (χ1v) is 10.6. The molecule has 1 aliphatic carbocycles. The summed E-state index contributed by atoms with van der Waals surface area (Å²) in [5.74, 6) is 1.30. The molecule has 0 bridgehead atoms. The second-order valence-corrected chi connectivity index (χ2v) is 8.87. The van der Waals surface area contributed by atoms with E-state index in [1.807, 2.05) is 26.0 Å². The number of nitrogens with zero attached hydrogens (tertiary/aromatic N) is 3. The second kappa shape index (κ2) is 8.08. The Labute approximate surface area is 174 Å². The van der Waals surface area contributed by atoms with Crippen LogP contribution < -0.4 is 21.6 Å². The van der Waals surface area contributed by atoms with Crippen LogP contribution in [0.5, 0.6) is 0 Å².